The first-order valence-electron chi connectivity index (χ1n) is 6.19. The van der Waals surface area contributed by atoms with Gasteiger partial charge in [-0.15, -0.1) is 0 Å². The number of halogens is 1. The number of amides is 2. The smallest absolute Gasteiger partial charge is 0.332 e. The molecule has 0 saturated carbocycles. The summed E-state index contributed by atoms with van der Waals surface area (Å²) in [4.78, 5) is 10.5. The molecule has 0 spiro atoms. The molecule has 2 aromatic rings. The Morgan fingerprint density at radius 1 is 1.29 bits per heavy atom. The van der Waals surface area contributed by atoms with E-state index in [1.165, 1.54) is 6.21 Å². The Morgan fingerprint density at radius 2 is 2.05 bits per heavy atom. The van der Waals surface area contributed by atoms with Crippen molar-refractivity contribution in [1.82, 2.24) is 5.43 Å². The Balaban J connectivity index is 1.96. The second-order valence-corrected chi connectivity index (χ2v) is 4.66. The van der Waals surface area contributed by atoms with E-state index < -0.39 is 6.03 Å². The van der Waals surface area contributed by atoms with Crippen LogP contribution < -0.4 is 15.9 Å². The molecule has 2 amide bonds. The second-order valence-electron chi connectivity index (χ2n) is 4.22. The van der Waals surface area contributed by atoms with Crippen LogP contribution in [0.3, 0.4) is 0 Å². The highest BCUT2D eigenvalue weighted by Gasteiger charge is 1.98. The number of hydrogen-bond acceptors (Lipinski definition) is 3. The van der Waals surface area contributed by atoms with Crippen molar-refractivity contribution in [3.8, 4) is 5.75 Å². The van der Waals surface area contributed by atoms with Gasteiger partial charge >= 0.3 is 6.03 Å². The van der Waals surface area contributed by atoms with Crippen LogP contribution in [0.15, 0.2) is 53.6 Å². The molecule has 5 nitrogen and oxygen atoms in total. The molecule has 0 saturated heterocycles. The van der Waals surface area contributed by atoms with E-state index in [9.17, 15) is 4.79 Å². The number of nitrogens with zero attached hydrogens (tertiary/aromatic N) is 1. The number of hydrazone groups is 1. The molecule has 0 heterocycles. The normalized spacial score (nSPS) is 10.5. The monoisotopic (exact) mass is 303 g/mol. The first-order chi connectivity index (χ1) is 10.1. The summed E-state index contributed by atoms with van der Waals surface area (Å²) in [5.41, 5.74) is 8.85. The quantitative estimate of drug-likeness (QED) is 0.658. The third-order valence-corrected chi connectivity index (χ3v) is 2.82. The Bertz CT molecular complexity index is 642. The fraction of sp³-hybridized carbons (Fsp3) is 0.0667. The van der Waals surface area contributed by atoms with E-state index in [0.717, 1.165) is 11.1 Å². The number of primary amides is 1. The Morgan fingerprint density at radius 3 is 2.76 bits per heavy atom. The third kappa shape index (κ3) is 5.16. The molecule has 0 aliphatic rings. The summed E-state index contributed by atoms with van der Waals surface area (Å²) in [5, 5.41) is 4.38. The van der Waals surface area contributed by atoms with Crippen molar-refractivity contribution >= 4 is 23.8 Å². The maximum atomic E-state index is 10.5. The molecule has 2 aromatic carbocycles. The highest BCUT2D eigenvalue weighted by molar-refractivity contribution is 6.30. The minimum atomic E-state index is -0.707. The Kier molecular flexibility index (Phi) is 5.17. The topological polar surface area (TPSA) is 76.7 Å². The second kappa shape index (κ2) is 7.31. The van der Waals surface area contributed by atoms with Crippen LogP contribution in [-0.2, 0) is 6.61 Å². The average molecular weight is 304 g/mol. The van der Waals surface area contributed by atoms with Crippen LogP contribution in [0.5, 0.6) is 5.75 Å². The number of carbonyl (C=O) groups is 1. The molecular weight excluding hydrogens is 290 g/mol. The molecule has 21 heavy (non-hydrogen) atoms. The largest absolute Gasteiger partial charge is 0.489 e. The van der Waals surface area contributed by atoms with Crippen LogP contribution in [-0.4, -0.2) is 12.2 Å². The molecule has 0 radical (unpaired) electrons. The van der Waals surface area contributed by atoms with Crippen LogP contribution in [0.2, 0.25) is 5.02 Å². The maximum absolute atomic E-state index is 10.5. The van der Waals surface area contributed by atoms with E-state index in [2.05, 4.69) is 10.5 Å². The molecule has 2 rings (SSSR count). The molecule has 0 aliphatic heterocycles. The van der Waals surface area contributed by atoms with Crippen LogP contribution in [0, 0.1) is 0 Å². The van der Waals surface area contributed by atoms with Gasteiger partial charge in [0, 0.05) is 5.02 Å². The lowest BCUT2D eigenvalue weighted by Gasteiger charge is -2.07. The molecule has 108 valence electrons. The van der Waals surface area contributed by atoms with Crippen molar-refractivity contribution in [2.24, 2.45) is 10.8 Å². The number of rotatable bonds is 5. The molecule has 6 heteroatoms. The van der Waals surface area contributed by atoms with Crippen molar-refractivity contribution in [3.63, 3.8) is 0 Å². The molecular formula is C15H14ClN3O2. The van der Waals surface area contributed by atoms with Gasteiger partial charge in [-0.25, -0.2) is 10.2 Å². The van der Waals surface area contributed by atoms with Gasteiger partial charge in [0.1, 0.15) is 12.4 Å². The van der Waals surface area contributed by atoms with Gasteiger partial charge in [-0.05, 0) is 35.4 Å². The molecule has 0 aromatic heterocycles. The molecule has 0 bridgehead atoms. The zero-order chi connectivity index (χ0) is 15.1. The van der Waals surface area contributed by atoms with Crippen LogP contribution in [0.4, 0.5) is 4.79 Å². The average Bonchev–Trinajstić information content (AvgIpc) is 2.47. The Labute approximate surface area is 127 Å². The van der Waals surface area contributed by atoms with E-state index in [1.54, 1.807) is 0 Å². The predicted octanol–water partition coefficient (Wildman–Crippen LogP) is 2.92. The number of ether oxygens (including phenoxy) is 1. The summed E-state index contributed by atoms with van der Waals surface area (Å²) in [7, 11) is 0. The van der Waals surface area contributed by atoms with E-state index in [4.69, 9.17) is 22.1 Å². The van der Waals surface area contributed by atoms with Gasteiger partial charge in [-0.1, -0.05) is 35.9 Å². The van der Waals surface area contributed by atoms with E-state index in [-0.39, 0.29) is 0 Å². The van der Waals surface area contributed by atoms with E-state index in [0.29, 0.717) is 17.4 Å². The van der Waals surface area contributed by atoms with Crippen molar-refractivity contribution in [1.29, 1.82) is 0 Å². The summed E-state index contributed by atoms with van der Waals surface area (Å²) in [6.07, 6.45) is 1.49. The molecule has 0 unspecified atom stereocenters. The van der Waals surface area contributed by atoms with Gasteiger partial charge in [0.2, 0.25) is 0 Å². The first kappa shape index (κ1) is 14.9. The Hall–Kier alpha value is -2.53. The summed E-state index contributed by atoms with van der Waals surface area (Å²) >= 11 is 5.83. The highest BCUT2D eigenvalue weighted by atomic mass is 35.5. The van der Waals surface area contributed by atoms with Crippen molar-refractivity contribution in [2.45, 2.75) is 6.61 Å². The van der Waals surface area contributed by atoms with Gasteiger partial charge in [0.25, 0.3) is 0 Å². The summed E-state index contributed by atoms with van der Waals surface area (Å²) in [6, 6.07) is 14.1. The molecule has 0 fully saturated rings. The summed E-state index contributed by atoms with van der Waals surface area (Å²) < 4.78 is 5.68. The summed E-state index contributed by atoms with van der Waals surface area (Å²) in [6.45, 7) is 0.442. The molecule has 0 aliphatic carbocycles. The van der Waals surface area contributed by atoms with Gasteiger partial charge in [-0.2, -0.15) is 5.10 Å². The van der Waals surface area contributed by atoms with Crippen LogP contribution >= 0.6 is 11.6 Å². The van der Waals surface area contributed by atoms with E-state index in [1.807, 2.05) is 48.5 Å². The van der Waals surface area contributed by atoms with Crippen molar-refractivity contribution in [2.75, 3.05) is 0 Å². The highest BCUT2D eigenvalue weighted by Crippen LogP contribution is 2.15. The number of hydrogen-bond donors (Lipinski definition) is 2. The molecule has 3 N–H and O–H groups in total. The summed E-state index contributed by atoms with van der Waals surface area (Å²) in [5.74, 6) is 0.702. The third-order valence-electron chi connectivity index (χ3n) is 2.57. The zero-order valence-electron chi connectivity index (χ0n) is 11.1. The number of nitrogens with two attached hydrogens (primary N) is 1. The lowest BCUT2D eigenvalue weighted by Crippen LogP contribution is -2.24. The maximum Gasteiger partial charge on any atom is 0.332 e. The fourth-order valence-corrected chi connectivity index (χ4v) is 1.73. The number of carbonyl (C=O) groups excluding carboxylic acids is 1. The van der Waals surface area contributed by atoms with E-state index >= 15 is 0 Å². The van der Waals surface area contributed by atoms with Crippen molar-refractivity contribution in [3.05, 3.63) is 64.7 Å². The standard InChI is InChI=1S/C15H14ClN3O2/c16-13-6-4-11(5-7-13)10-21-14-3-1-2-12(8-14)9-18-19-15(17)20/h1-9H,10H2,(H3,17,19,20). The van der Waals surface area contributed by atoms with Gasteiger partial charge < -0.3 is 10.5 Å². The SMILES string of the molecule is NC(=O)NN=Cc1cccc(OCc2ccc(Cl)cc2)c1. The number of urea groups is 1. The number of benzene rings is 2. The van der Waals surface area contributed by atoms with Crippen LogP contribution in [0.25, 0.3) is 0 Å². The lowest BCUT2D eigenvalue weighted by molar-refractivity contribution is 0.249. The minimum Gasteiger partial charge on any atom is -0.489 e. The fourth-order valence-electron chi connectivity index (χ4n) is 1.60. The zero-order valence-corrected chi connectivity index (χ0v) is 11.9. The lowest BCUT2D eigenvalue weighted by atomic mass is 10.2. The molecule has 0 atom stereocenters. The van der Waals surface area contributed by atoms with Gasteiger partial charge in [-0.3, -0.25) is 0 Å². The minimum absolute atomic E-state index is 0.442. The number of nitrogens with one attached hydrogen (secondary N) is 1. The first-order valence-corrected chi connectivity index (χ1v) is 6.57. The van der Waals surface area contributed by atoms with Gasteiger partial charge in [0.05, 0.1) is 6.21 Å². The predicted molar refractivity (Wildman–Crippen MR) is 82.5 cm³/mol. The van der Waals surface area contributed by atoms with Crippen molar-refractivity contribution < 1.29 is 9.53 Å². The van der Waals surface area contributed by atoms with Crippen LogP contribution in [0.1, 0.15) is 11.1 Å². The van der Waals surface area contributed by atoms with Gasteiger partial charge in [0.15, 0.2) is 0 Å².